The third-order valence-corrected chi connectivity index (χ3v) is 3.76. The molecule has 1 aromatic heterocycles. The van der Waals surface area contributed by atoms with E-state index in [0.717, 1.165) is 40.1 Å². The summed E-state index contributed by atoms with van der Waals surface area (Å²) >= 11 is 3.39. The SMILES string of the molecule is NCc1cc(Br)cnc1N1CCc2ccc(F)cc21. The molecule has 19 heavy (non-hydrogen) atoms. The maximum absolute atomic E-state index is 13.4. The van der Waals surface area contributed by atoms with Crippen LogP contribution in [0.25, 0.3) is 0 Å². The normalized spacial score (nSPS) is 13.7. The molecular weight excluding hydrogens is 309 g/mol. The number of benzene rings is 1. The summed E-state index contributed by atoms with van der Waals surface area (Å²) in [7, 11) is 0. The van der Waals surface area contributed by atoms with E-state index in [4.69, 9.17) is 5.73 Å². The van der Waals surface area contributed by atoms with E-state index in [9.17, 15) is 4.39 Å². The lowest BCUT2D eigenvalue weighted by Crippen LogP contribution is -2.18. The number of fused-ring (bicyclic) bond motifs is 1. The number of nitrogens with two attached hydrogens (primary N) is 1. The molecule has 98 valence electrons. The average molecular weight is 322 g/mol. The summed E-state index contributed by atoms with van der Waals surface area (Å²) in [6, 6.07) is 6.86. The Bertz CT molecular complexity index is 630. The maximum Gasteiger partial charge on any atom is 0.137 e. The van der Waals surface area contributed by atoms with Gasteiger partial charge in [0.2, 0.25) is 0 Å². The van der Waals surface area contributed by atoms with Gasteiger partial charge in [-0.2, -0.15) is 0 Å². The number of halogens is 2. The van der Waals surface area contributed by atoms with Crippen LogP contribution in [0.2, 0.25) is 0 Å². The molecule has 1 aromatic carbocycles. The molecule has 2 heterocycles. The molecule has 0 saturated carbocycles. The molecule has 1 aliphatic heterocycles. The van der Waals surface area contributed by atoms with Crippen LogP contribution in [0.15, 0.2) is 34.9 Å². The summed E-state index contributed by atoms with van der Waals surface area (Å²) in [6.45, 7) is 1.21. The maximum atomic E-state index is 13.4. The largest absolute Gasteiger partial charge is 0.326 e. The first-order chi connectivity index (χ1) is 9.19. The Labute approximate surface area is 119 Å². The molecule has 0 fully saturated rings. The van der Waals surface area contributed by atoms with Crippen LogP contribution in [-0.2, 0) is 13.0 Å². The van der Waals surface area contributed by atoms with E-state index in [1.807, 2.05) is 17.0 Å². The zero-order valence-electron chi connectivity index (χ0n) is 10.2. The molecule has 0 amide bonds. The highest BCUT2D eigenvalue weighted by Crippen LogP contribution is 2.36. The van der Waals surface area contributed by atoms with Crippen LogP contribution in [0.5, 0.6) is 0 Å². The fourth-order valence-electron chi connectivity index (χ4n) is 2.44. The van der Waals surface area contributed by atoms with E-state index in [2.05, 4.69) is 20.9 Å². The van der Waals surface area contributed by atoms with Crippen molar-refractivity contribution in [3.05, 3.63) is 51.9 Å². The first-order valence-corrected chi connectivity index (χ1v) is 6.89. The van der Waals surface area contributed by atoms with Gasteiger partial charge in [0.05, 0.1) is 0 Å². The molecule has 0 atom stereocenters. The van der Waals surface area contributed by atoms with Crippen LogP contribution in [0.4, 0.5) is 15.9 Å². The molecule has 2 N–H and O–H groups in total. The minimum Gasteiger partial charge on any atom is -0.326 e. The van der Waals surface area contributed by atoms with E-state index < -0.39 is 0 Å². The monoisotopic (exact) mass is 321 g/mol. The molecule has 0 unspecified atom stereocenters. The third kappa shape index (κ3) is 2.24. The van der Waals surface area contributed by atoms with E-state index in [-0.39, 0.29) is 5.82 Å². The Kier molecular flexibility index (Phi) is 3.24. The fourth-order valence-corrected chi connectivity index (χ4v) is 2.82. The lowest BCUT2D eigenvalue weighted by molar-refractivity contribution is 0.628. The van der Waals surface area contributed by atoms with Gasteiger partial charge in [-0.1, -0.05) is 6.07 Å². The zero-order chi connectivity index (χ0) is 13.4. The van der Waals surface area contributed by atoms with Gasteiger partial charge in [-0.25, -0.2) is 9.37 Å². The number of anilines is 2. The van der Waals surface area contributed by atoms with Gasteiger partial charge in [-0.3, -0.25) is 0 Å². The molecule has 0 spiro atoms. The highest BCUT2D eigenvalue weighted by atomic mass is 79.9. The van der Waals surface area contributed by atoms with Gasteiger partial charge in [-0.05, 0) is 46.1 Å². The molecule has 0 saturated heterocycles. The third-order valence-electron chi connectivity index (χ3n) is 3.33. The number of hydrogen-bond acceptors (Lipinski definition) is 3. The van der Waals surface area contributed by atoms with Gasteiger partial charge in [0.15, 0.2) is 0 Å². The van der Waals surface area contributed by atoms with Crippen molar-refractivity contribution in [3.63, 3.8) is 0 Å². The summed E-state index contributed by atoms with van der Waals surface area (Å²) in [5.41, 5.74) is 8.77. The molecule has 2 aromatic rings. The molecular formula is C14H13BrFN3. The topological polar surface area (TPSA) is 42.1 Å². The molecule has 5 heteroatoms. The average Bonchev–Trinajstić information content (AvgIpc) is 2.81. The highest BCUT2D eigenvalue weighted by Gasteiger charge is 2.23. The van der Waals surface area contributed by atoms with Crippen LogP contribution >= 0.6 is 15.9 Å². The van der Waals surface area contributed by atoms with E-state index in [1.54, 1.807) is 12.3 Å². The second-order valence-corrected chi connectivity index (χ2v) is 5.43. The van der Waals surface area contributed by atoms with Crippen molar-refractivity contribution in [2.24, 2.45) is 5.73 Å². The Morgan fingerprint density at radius 1 is 1.37 bits per heavy atom. The Morgan fingerprint density at radius 3 is 3.00 bits per heavy atom. The first-order valence-electron chi connectivity index (χ1n) is 6.09. The molecule has 0 bridgehead atoms. The van der Waals surface area contributed by atoms with Gasteiger partial charge < -0.3 is 10.6 Å². The number of nitrogens with zero attached hydrogens (tertiary/aromatic N) is 2. The van der Waals surface area contributed by atoms with Gasteiger partial charge in [0.25, 0.3) is 0 Å². The second-order valence-electron chi connectivity index (χ2n) is 4.52. The van der Waals surface area contributed by atoms with Crippen LogP contribution < -0.4 is 10.6 Å². The van der Waals surface area contributed by atoms with Crippen LogP contribution in [-0.4, -0.2) is 11.5 Å². The predicted molar refractivity (Wildman–Crippen MR) is 76.9 cm³/mol. The number of aromatic nitrogens is 1. The Morgan fingerprint density at radius 2 is 2.21 bits per heavy atom. The van der Waals surface area contributed by atoms with Crippen LogP contribution in [0.1, 0.15) is 11.1 Å². The van der Waals surface area contributed by atoms with Crippen molar-refractivity contribution in [1.29, 1.82) is 0 Å². The molecule has 3 rings (SSSR count). The number of rotatable bonds is 2. The van der Waals surface area contributed by atoms with Crippen molar-refractivity contribution >= 4 is 27.4 Å². The number of pyridine rings is 1. The van der Waals surface area contributed by atoms with Crippen molar-refractivity contribution in [2.75, 3.05) is 11.4 Å². The standard InChI is InChI=1S/C14H13BrFN3/c15-11-5-10(7-17)14(18-8-11)19-4-3-9-1-2-12(16)6-13(9)19/h1-2,5-6,8H,3-4,7,17H2. The summed E-state index contributed by atoms with van der Waals surface area (Å²) < 4.78 is 14.3. The lowest BCUT2D eigenvalue weighted by atomic mass is 10.1. The summed E-state index contributed by atoms with van der Waals surface area (Å²) in [5.74, 6) is 0.590. The van der Waals surface area contributed by atoms with Gasteiger partial charge in [-0.15, -0.1) is 0 Å². The smallest absolute Gasteiger partial charge is 0.137 e. The fraction of sp³-hybridized carbons (Fsp3) is 0.214. The minimum atomic E-state index is -0.225. The minimum absolute atomic E-state index is 0.225. The summed E-state index contributed by atoms with van der Waals surface area (Å²) in [6.07, 6.45) is 2.64. The molecule has 0 radical (unpaired) electrons. The first kappa shape index (κ1) is 12.6. The van der Waals surface area contributed by atoms with Gasteiger partial charge in [0, 0.05) is 35.0 Å². The second kappa shape index (κ2) is 4.90. The van der Waals surface area contributed by atoms with Crippen molar-refractivity contribution in [3.8, 4) is 0 Å². The van der Waals surface area contributed by atoms with Gasteiger partial charge >= 0.3 is 0 Å². The number of hydrogen-bond donors (Lipinski definition) is 1. The molecule has 1 aliphatic rings. The van der Waals surface area contributed by atoms with Gasteiger partial charge in [0.1, 0.15) is 11.6 Å². The highest BCUT2D eigenvalue weighted by molar-refractivity contribution is 9.10. The van der Waals surface area contributed by atoms with E-state index >= 15 is 0 Å². The van der Waals surface area contributed by atoms with Crippen LogP contribution in [0.3, 0.4) is 0 Å². The zero-order valence-corrected chi connectivity index (χ0v) is 11.8. The molecule has 3 nitrogen and oxygen atoms in total. The summed E-state index contributed by atoms with van der Waals surface area (Å²) in [4.78, 5) is 6.47. The van der Waals surface area contributed by atoms with Crippen molar-refractivity contribution in [2.45, 2.75) is 13.0 Å². The van der Waals surface area contributed by atoms with Crippen LogP contribution in [0, 0.1) is 5.82 Å². The van der Waals surface area contributed by atoms with E-state index in [1.165, 1.54) is 6.07 Å². The Hall–Kier alpha value is -1.46. The van der Waals surface area contributed by atoms with Crippen molar-refractivity contribution in [1.82, 2.24) is 4.98 Å². The molecule has 0 aliphatic carbocycles. The van der Waals surface area contributed by atoms with E-state index in [0.29, 0.717) is 6.54 Å². The lowest BCUT2D eigenvalue weighted by Gasteiger charge is -2.21. The summed E-state index contributed by atoms with van der Waals surface area (Å²) in [5, 5.41) is 0. The Balaban J connectivity index is 2.08. The quantitative estimate of drug-likeness (QED) is 0.924. The predicted octanol–water partition coefficient (Wildman–Crippen LogP) is 3.14. The van der Waals surface area contributed by atoms with Crippen molar-refractivity contribution < 1.29 is 4.39 Å².